The number of hydrogen-bond donors (Lipinski definition) is 1. The van der Waals surface area contributed by atoms with Gasteiger partial charge in [0, 0.05) is 6.26 Å². The zero-order valence-corrected chi connectivity index (χ0v) is 9.50. The second-order valence-electron chi connectivity index (χ2n) is 2.58. The summed E-state index contributed by atoms with van der Waals surface area (Å²) in [5.41, 5.74) is 0.609. The predicted molar refractivity (Wildman–Crippen MR) is 56.8 cm³/mol. The van der Waals surface area contributed by atoms with Crippen molar-refractivity contribution in [1.29, 1.82) is 0 Å². The van der Waals surface area contributed by atoms with Crippen molar-refractivity contribution in [2.24, 2.45) is 0 Å². The normalized spacial score (nSPS) is 10.3. The summed E-state index contributed by atoms with van der Waals surface area (Å²) in [7, 11) is -3.15. The first-order valence-corrected chi connectivity index (χ1v) is 6.33. The molecule has 0 radical (unpaired) electrons. The van der Waals surface area contributed by atoms with E-state index < -0.39 is 9.84 Å². The lowest BCUT2D eigenvalue weighted by molar-refractivity contribution is 0.281. The molecule has 0 saturated heterocycles. The second kappa shape index (κ2) is 5.78. The van der Waals surface area contributed by atoms with E-state index in [2.05, 4.69) is 0 Å². The van der Waals surface area contributed by atoms with Gasteiger partial charge in [-0.25, -0.2) is 8.42 Å². The van der Waals surface area contributed by atoms with E-state index in [1.54, 1.807) is 12.1 Å². The van der Waals surface area contributed by atoms with Crippen LogP contribution in [0.25, 0.3) is 0 Å². The highest BCUT2D eigenvalue weighted by Gasteiger charge is 2.06. The van der Waals surface area contributed by atoms with Gasteiger partial charge in [0.15, 0.2) is 9.84 Å². The number of hydrogen-bond acceptors (Lipinski definition) is 3. The Morgan fingerprint density at radius 3 is 2.29 bits per heavy atom. The number of sulfone groups is 1. The van der Waals surface area contributed by atoms with Gasteiger partial charge in [-0.15, -0.1) is 0 Å². The lowest BCUT2D eigenvalue weighted by atomic mass is 10.2. The molecule has 0 aliphatic rings. The van der Waals surface area contributed by atoms with Crippen molar-refractivity contribution in [1.82, 2.24) is 0 Å². The number of aliphatic hydroxyl groups is 1. The molecule has 4 heteroatoms. The topological polar surface area (TPSA) is 54.4 Å². The van der Waals surface area contributed by atoms with Gasteiger partial charge in [0.2, 0.25) is 0 Å². The standard InChI is InChI=1S/C8H10O3S.C2H6/c1-12(10,11)8-4-2-3-7(5-8)6-9;1-2/h2-5,9H,6H2,1H3;1-2H3. The molecular formula is C10H16O3S. The second-order valence-corrected chi connectivity index (χ2v) is 4.59. The van der Waals surface area contributed by atoms with E-state index in [1.807, 2.05) is 13.8 Å². The highest BCUT2D eigenvalue weighted by Crippen LogP contribution is 2.10. The SMILES string of the molecule is CC.CS(=O)(=O)c1cccc(CO)c1. The van der Waals surface area contributed by atoms with E-state index in [-0.39, 0.29) is 11.5 Å². The highest BCUT2D eigenvalue weighted by molar-refractivity contribution is 7.90. The maximum absolute atomic E-state index is 11.0. The van der Waals surface area contributed by atoms with E-state index in [0.29, 0.717) is 5.56 Å². The minimum atomic E-state index is -3.15. The Balaban J connectivity index is 0.000000791. The van der Waals surface area contributed by atoms with E-state index in [4.69, 9.17) is 5.11 Å². The lowest BCUT2D eigenvalue weighted by Crippen LogP contribution is -1.97. The molecule has 0 aromatic heterocycles. The van der Waals surface area contributed by atoms with Gasteiger partial charge in [-0.1, -0.05) is 26.0 Å². The largest absolute Gasteiger partial charge is 0.392 e. The average Bonchev–Trinajstić information content (AvgIpc) is 2.20. The summed E-state index contributed by atoms with van der Waals surface area (Å²) in [5.74, 6) is 0. The van der Waals surface area contributed by atoms with Gasteiger partial charge < -0.3 is 5.11 Å². The average molecular weight is 216 g/mol. The van der Waals surface area contributed by atoms with Gasteiger partial charge >= 0.3 is 0 Å². The van der Waals surface area contributed by atoms with Crippen molar-refractivity contribution in [3.05, 3.63) is 29.8 Å². The van der Waals surface area contributed by atoms with Crippen LogP contribution in [0, 0.1) is 0 Å². The Hall–Kier alpha value is -0.870. The monoisotopic (exact) mass is 216 g/mol. The molecule has 1 aromatic carbocycles. The molecule has 0 bridgehead atoms. The molecule has 0 aliphatic carbocycles. The summed E-state index contributed by atoms with van der Waals surface area (Å²) >= 11 is 0. The number of rotatable bonds is 2. The predicted octanol–water partition coefficient (Wildman–Crippen LogP) is 1.61. The van der Waals surface area contributed by atoms with Crippen LogP contribution in [0.5, 0.6) is 0 Å². The van der Waals surface area contributed by atoms with Crippen LogP contribution in [0.15, 0.2) is 29.2 Å². The summed E-state index contributed by atoms with van der Waals surface area (Å²) in [4.78, 5) is 0.244. The molecule has 0 atom stereocenters. The molecule has 0 amide bonds. The maximum Gasteiger partial charge on any atom is 0.175 e. The Kier molecular flexibility index (Phi) is 5.42. The minimum absolute atomic E-state index is 0.136. The molecule has 0 fully saturated rings. The first kappa shape index (κ1) is 13.1. The highest BCUT2D eigenvalue weighted by atomic mass is 32.2. The van der Waals surface area contributed by atoms with Crippen molar-refractivity contribution in [2.45, 2.75) is 25.3 Å². The van der Waals surface area contributed by atoms with Crippen molar-refractivity contribution in [3.8, 4) is 0 Å². The molecular weight excluding hydrogens is 200 g/mol. The van der Waals surface area contributed by atoms with Gasteiger partial charge in [0.1, 0.15) is 0 Å². The molecule has 0 spiro atoms. The van der Waals surface area contributed by atoms with E-state index in [1.165, 1.54) is 12.1 Å². The van der Waals surface area contributed by atoms with Gasteiger partial charge in [-0.05, 0) is 17.7 Å². The van der Waals surface area contributed by atoms with Crippen LogP contribution in [0.3, 0.4) is 0 Å². The van der Waals surface area contributed by atoms with Crippen LogP contribution in [-0.2, 0) is 16.4 Å². The molecule has 1 rings (SSSR count). The first-order chi connectivity index (χ1) is 6.54. The zero-order valence-electron chi connectivity index (χ0n) is 8.69. The van der Waals surface area contributed by atoms with Crippen molar-refractivity contribution in [2.75, 3.05) is 6.26 Å². The van der Waals surface area contributed by atoms with E-state index in [0.717, 1.165) is 6.26 Å². The summed E-state index contributed by atoms with van der Waals surface area (Å²) in [6, 6.07) is 6.26. The smallest absolute Gasteiger partial charge is 0.175 e. The van der Waals surface area contributed by atoms with Crippen LogP contribution in [0.2, 0.25) is 0 Å². The van der Waals surface area contributed by atoms with Gasteiger partial charge in [-0.3, -0.25) is 0 Å². The Labute approximate surface area is 85.3 Å². The van der Waals surface area contributed by atoms with Crippen LogP contribution in [0.4, 0.5) is 0 Å². The quantitative estimate of drug-likeness (QED) is 0.817. The Morgan fingerprint density at radius 1 is 1.29 bits per heavy atom. The third kappa shape index (κ3) is 3.89. The molecule has 0 unspecified atom stereocenters. The molecule has 1 aromatic rings. The maximum atomic E-state index is 11.0. The van der Waals surface area contributed by atoms with Crippen LogP contribution in [-0.4, -0.2) is 19.8 Å². The molecule has 80 valence electrons. The molecule has 3 nitrogen and oxygen atoms in total. The number of benzene rings is 1. The number of aliphatic hydroxyl groups excluding tert-OH is 1. The van der Waals surface area contributed by atoms with Crippen LogP contribution < -0.4 is 0 Å². The fraction of sp³-hybridized carbons (Fsp3) is 0.400. The van der Waals surface area contributed by atoms with Crippen LogP contribution in [0.1, 0.15) is 19.4 Å². The molecule has 14 heavy (non-hydrogen) atoms. The van der Waals surface area contributed by atoms with E-state index >= 15 is 0 Å². The lowest BCUT2D eigenvalue weighted by Gasteiger charge is -1.99. The van der Waals surface area contributed by atoms with Gasteiger partial charge in [0.25, 0.3) is 0 Å². The summed E-state index contributed by atoms with van der Waals surface area (Å²) in [5, 5.41) is 8.73. The molecule has 0 heterocycles. The fourth-order valence-electron chi connectivity index (χ4n) is 0.874. The fourth-order valence-corrected chi connectivity index (χ4v) is 1.57. The van der Waals surface area contributed by atoms with Crippen LogP contribution >= 0.6 is 0 Å². The zero-order chi connectivity index (χ0) is 11.2. The van der Waals surface area contributed by atoms with Gasteiger partial charge in [-0.2, -0.15) is 0 Å². The minimum Gasteiger partial charge on any atom is -0.392 e. The Morgan fingerprint density at radius 2 is 1.86 bits per heavy atom. The van der Waals surface area contributed by atoms with E-state index in [9.17, 15) is 8.42 Å². The third-order valence-electron chi connectivity index (χ3n) is 1.51. The first-order valence-electron chi connectivity index (χ1n) is 4.44. The van der Waals surface area contributed by atoms with Crippen molar-refractivity contribution < 1.29 is 13.5 Å². The Bertz CT molecular complexity index is 369. The summed E-state index contributed by atoms with van der Waals surface area (Å²) in [6.07, 6.45) is 1.14. The molecule has 1 N–H and O–H groups in total. The van der Waals surface area contributed by atoms with Crippen molar-refractivity contribution >= 4 is 9.84 Å². The third-order valence-corrected chi connectivity index (χ3v) is 2.62. The summed E-state index contributed by atoms with van der Waals surface area (Å²) in [6.45, 7) is 3.86. The van der Waals surface area contributed by atoms with Crippen molar-refractivity contribution in [3.63, 3.8) is 0 Å². The molecule has 0 aliphatic heterocycles. The molecule has 0 saturated carbocycles. The summed E-state index contributed by atoms with van der Waals surface area (Å²) < 4.78 is 22.0. The van der Waals surface area contributed by atoms with Gasteiger partial charge in [0.05, 0.1) is 11.5 Å².